The summed E-state index contributed by atoms with van der Waals surface area (Å²) in [5.41, 5.74) is 2.64. The Balaban J connectivity index is 2.08. The second-order valence-electron chi connectivity index (χ2n) is 5.64. The number of phenolic OH excluding ortho intramolecular Hbond substituents is 1. The van der Waals surface area contributed by atoms with Crippen molar-refractivity contribution in [3.63, 3.8) is 0 Å². The van der Waals surface area contributed by atoms with Crippen LogP contribution in [0.4, 0.5) is 5.69 Å². The number of rotatable bonds is 2. The lowest BCUT2D eigenvalue weighted by Crippen LogP contribution is -2.47. The summed E-state index contributed by atoms with van der Waals surface area (Å²) in [6, 6.07) is 5.74. The van der Waals surface area contributed by atoms with Crippen LogP contribution in [0.15, 0.2) is 30.9 Å². The molecule has 2 heterocycles. The molecule has 2 atom stereocenters. The fourth-order valence-corrected chi connectivity index (χ4v) is 3.75. The van der Waals surface area contributed by atoms with Crippen molar-refractivity contribution >= 4 is 5.69 Å². The van der Waals surface area contributed by atoms with Crippen LogP contribution < -0.4 is 4.90 Å². The van der Waals surface area contributed by atoms with Crippen molar-refractivity contribution in [1.82, 2.24) is 4.90 Å². The van der Waals surface area contributed by atoms with Gasteiger partial charge in [0.2, 0.25) is 0 Å². The van der Waals surface area contributed by atoms with Gasteiger partial charge in [0.05, 0.1) is 6.17 Å². The van der Waals surface area contributed by atoms with Gasteiger partial charge in [-0.3, -0.25) is 4.90 Å². The lowest BCUT2D eigenvalue weighted by Gasteiger charge is -2.34. The maximum Gasteiger partial charge on any atom is 0.116 e. The smallest absolute Gasteiger partial charge is 0.116 e. The number of hydrogen-bond acceptors (Lipinski definition) is 3. The van der Waals surface area contributed by atoms with E-state index in [0.717, 1.165) is 19.5 Å². The van der Waals surface area contributed by atoms with E-state index in [4.69, 9.17) is 0 Å². The van der Waals surface area contributed by atoms with Crippen molar-refractivity contribution in [3.8, 4) is 5.75 Å². The molecule has 3 heteroatoms. The average Bonchev–Trinajstić information content (AvgIpc) is 2.77. The number of phenols is 1. The minimum absolute atomic E-state index is 0.117. The molecular formula is C15H20N2O. The molecule has 1 saturated heterocycles. The van der Waals surface area contributed by atoms with Crippen LogP contribution >= 0.6 is 0 Å². The summed E-state index contributed by atoms with van der Waals surface area (Å²) in [4.78, 5) is 4.80. The molecule has 0 aliphatic carbocycles. The van der Waals surface area contributed by atoms with Crippen LogP contribution in [0.1, 0.15) is 18.9 Å². The van der Waals surface area contributed by atoms with E-state index in [0.29, 0.717) is 11.9 Å². The fraction of sp³-hybridized carbons (Fsp3) is 0.467. The Morgan fingerprint density at radius 3 is 3.06 bits per heavy atom. The Morgan fingerprint density at radius 2 is 2.33 bits per heavy atom. The molecule has 0 aromatic heterocycles. The first-order valence-corrected chi connectivity index (χ1v) is 6.49. The zero-order valence-electron chi connectivity index (χ0n) is 11.1. The Hall–Kier alpha value is -1.48. The highest BCUT2D eigenvalue weighted by Gasteiger charge is 2.52. The Kier molecular flexibility index (Phi) is 2.42. The van der Waals surface area contributed by atoms with Crippen molar-refractivity contribution in [2.24, 2.45) is 0 Å². The zero-order chi connectivity index (χ0) is 12.9. The number of anilines is 1. The molecular weight excluding hydrogens is 224 g/mol. The number of hydrogen-bond donors (Lipinski definition) is 1. The number of likely N-dealkylation sites (tertiary alicyclic amines) is 1. The van der Waals surface area contributed by atoms with Gasteiger partial charge >= 0.3 is 0 Å². The Bertz CT molecular complexity index is 499. The van der Waals surface area contributed by atoms with Gasteiger partial charge in [0.25, 0.3) is 0 Å². The van der Waals surface area contributed by atoms with Crippen LogP contribution in [0.25, 0.3) is 0 Å². The summed E-state index contributed by atoms with van der Waals surface area (Å²) in [7, 11) is 2.15. The third kappa shape index (κ3) is 1.34. The first-order valence-electron chi connectivity index (χ1n) is 6.49. The van der Waals surface area contributed by atoms with Crippen LogP contribution in [-0.4, -0.2) is 36.3 Å². The van der Waals surface area contributed by atoms with Crippen molar-refractivity contribution in [1.29, 1.82) is 0 Å². The van der Waals surface area contributed by atoms with Crippen LogP contribution in [0.5, 0.6) is 5.75 Å². The summed E-state index contributed by atoms with van der Waals surface area (Å²) < 4.78 is 0. The second-order valence-corrected chi connectivity index (χ2v) is 5.64. The maximum absolute atomic E-state index is 9.74. The third-order valence-corrected chi connectivity index (χ3v) is 4.54. The minimum Gasteiger partial charge on any atom is -0.508 e. The van der Waals surface area contributed by atoms with E-state index < -0.39 is 0 Å². The van der Waals surface area contributed by atoms with Crippen molar-refractivity contribution in [2.45, 2.75) is 24.9 Å². The maximum atomic E-state index is 9.74. The molecule has 2 aliphatic heterocycles. The van der Waals surface area contributed by atoms with Gasteiger partial charge in [0.15, 0.2) is 0 Å². The van der Waals surface area contributed by atoms with Gasteiger partial charge in [-0.1, -0.05) is 13.0 Å². The number of likely N-dealkylation sites (N-methyl/N-ethyl adjacent to an activating group) is 1. The normalized spacial score (nSPS) is 30.3. The largest absolute Gasteiger partial charge is 0.508 e. The lowest BCUT2D eigenvalue weighted by molar-refractivity contribution is 0.245. The molecule has 3 rings (SSSR count). The van der Waals surface area contributed by atoms with Crippen LogP contribution in [0.2, 0.25) is 0 Å². The topological polar surface area (TPSA) is 26.7 Å². The SMILES string of the molecule is C=CCN1CCC2(C)c3cc(O)ccc3N(C)C12. The summed E-state index contributed by atoms with van der Waals surface area (Å²) in [5, 5.41) is 9.74. The number of benzene rings is 1. The zero-order valence-corrected chi connectivity index (χ0v) is 11.1. The lowest BCUT2D eigenvalue weighted by atomic mass is 9.81. The van der Waals surface area contributed by atoms with Crippen molar-refractivity contribution in [3.05, 3.63) is 36.4 Å². The van der Waals surface area contributed by atoms with E-state index >= 15 is 0 Å². The van der Waals surface area contributed by atoms with Crippen LogP contribution in [0.3, 0.4) is 0 Å². The molecule has 0 saturated carbocycles. The van der Waals surface area contributed by atoms with Crippen molar-refractivity contribution < 1.29 is 5.11 Å². The molecule has 1 fully saturated rings. The molecule has 2 unspecified atom stereocenters. The summed E-state index contributed by atoms with van der Waals surface area (Å²) >= 11 is 0. The number of aromatic hydroxyl groups is 1. The molecule has 0 amide bonds. The van der Waals surface area contributed by atoms with E-state index in [9.17, 15) is 5.11 Å². The number of fused-ring (bicyclic) bond motifs is 3. The minimum atomic E-state index is 0.117. The predicted molar refractivity (Wildman–Crippen MR) is 74.0 cm³/mol. The van der Waals surface area contributed by atoms with Crippen molar-refractivity contribution in [2.75, 3.05) is 25.0 Å². The van der Waals surface area contributed by atoms with Gasteiger partial charge in [0, 0.05) is 31.2 Å². The van der Waals surface area contributed by atoms with Crippen LogP contribution in [0, 0.1) is 0 Å². The van der Waals surface area contributed by atoms with E-state index in [-0.39, 0.29) is 5.41 Å². The van der Waals surface area contributed by atoms with Gasteiger partial charge in [-0.05, 0) is 30.2 Å². The first-order chi connectivity index (χ1) is 8.58. The summed E-state index contributed by atoms with van der Waals surface area (Å²) in [6.45, 7) is 8.17. The van der Waals surface area contributed by atoms with Gasteiger partial charge in [-0.15, -0.1) is 6.58 Å². The Morgan fingerprint density at radius 1 is 1.56 bits per heavy atom. The predicted octanol–water partition coefficient (Wildman–Crippen LogP) is 2.32. The molecule has 1 aromatic carbocycles. The highest BCUT2D eigenvalue weighted by molar-refractivity contribution is 5.66. The molecule has 1 N–H and O–H groups in total. The number of nitrogens with zero attached hydrogens (tertiary/aromatic N) is 2. The molecule has 0 radical (unpaired) electrons. The fourth-order valence-electron chi connectivity index (χ4n) is 3.75. The average molecular weight is 244 g/mol. The van der Waals surface area contributed by atoms with E-state index in [1.807, 2.05) is 18.2 Å². The molecule has 3 nitrogen and oxygen atoms in total. The molecule has 1 aromatic rings. The van der Waals surface area contributed by atoms with E-state index in [2.05, 4.69) is 30.4 Å². The van der Waals surface area contributed by atoms with Gasteiger partial charge in [0.1, 0.15) is 5.75 Å². The first kappa shape index (κ1) is 11.6. The highest BCUT2D eigenvalue weighted by Crippen LogP contribution is 2.51. The van der Waals surface area contributed by atoms with Gasteiger partial charge in [-0.25, -0.2) is 0 Å². The van der Waals surface area contributed by atoms with Gasteiger partial charge < -0.3 is 10.0 Å². The van der Waals surface area contributed by atoms with E-state index in [1.54, 1.807) is 6.07 Å². The quantitative estimate of drug-likeness (QED) is 0.809. The summed E-state index contributed by atoms with van der Waals surface area (Å²) in [6.07, 6.45) is 3.49. The molecule has 18 heavy (non-hydrogen) atoms. The molecule has 96 valence electrons. The third-order valence-electron chi connectivity index (χ3n) is 4.54. The van der Waals surface area contributed by atoms with Gasteiger partial charge in [-0.2, -0.15) is 0 Å². The molecule has 0 spiro atoms. The summed E-state index contributed by atoms with van der Waals surface area (Å²) in [5.74, 6) is 0.367. The molecule has 2 aliphatic rings. The van der Waals surface area contributed by atoms with E-state index in [1.165, 1.54) is 11.3 Å². The molecule has 0 bridgehead atoms. The Labute approximate surface area is 108 Å². The highest BCUT2D eigenvalue weighted by atomic mass is 16.3. The second kappa shape index (κ2) is 3.75. The standard InChI is InChI=1S/C15H20N2O/c1-4-8-17-9-7-15(2)12-10-11(18)5-6-13(12)16(3)14(15)17/h4-6,10,14,18H,1,7-9H2,2-3H3. The van der Waals surface area contributed by atoms with Crippen LogP contribution in [-0.2, 0) is 5.41 Å². The monoisotopic (exact) mass is 244 g/mol.